The van der Waals surface area contributed by atoms with Gasteiger partial charge in [0.1, 0.15) is 0 Å². The number of nitrogens with zero attached hydrogens (tertiary/aromatic N) is 3. The van der Waals surface area contributed by atoms with Gasteiger partial charge in [-0.2, -0.15) is 0 Å². The van der Waals surface area contributed by atoms with Crippen molar-refractivity contribution in [3.8, 4) is 33.6 Å². The van der Waals surface area contributed by atoms with Gasteiger partial charge >= 0.3 is 0 Å². The molecule has 9 aromatic rings. The first-order valence-electron chi connectivity index (χ1n) is 16.3. The van der Waals surface area contributed by atoms with E-state index in [4.69, 9.17) is 4.98 Å². The van der Waals surface area contributed by atoms with E-state index < -0.39 is 0 Å². The van der Waals surface area contributed by atoms with E-state index in [0.717, 1.165) is 5.69 Å². The Morgan fingerprint density at radius 3 is 1.66 bits per heavy atom. The molecule has 3 nitrogen and oxygen atoms in total. The van der Waals surface area contributed by atoms with Crippen LogP contribution in [-0.4, -0.2) is 14.1 Å². The molecule has 222 valence electrons. The average Bonchev–Trinajstić information content (AvgIpc) is 3.63. The fraction of sp³-hybridized carbons (Fsp3) is 0.0682. The Balaban J connectivity index is 1.26. The minimum atomic E-state index is -0.143. The quantitative estimate of drug-likeness (QED) is 0.198. The van der Waals surface area contributed by atoms with E-state index in [1.165, 1.54) is 82.7 Å². The first-order valence-corrected chi connectivity index (χ1v) is 16.3. The topological polar surface area (TPSA) is 22.8 Å². The van der Waals surface area contributed by atoms with Gasteiger partial charge in [0.05, 0.1) is 27.8 Å². The zero-order chi connectivity index (χ0) is 31.3. The third-order valence-electron chi connectivity index (χ3n) is 10.4. The van der Waals surface area contributed by atoms with Crippen LogP contribution in [0.15, 0.2) is 152 Å². The van der Waals surface area contributed by atoms with Crippen LogP contribution < -0.4 is 0 Å². The van der Waals surface area contributed by atoms with Crippen molar-refractivity contribution in [2.75, 3.05) is 0 Å². The van der Waals surface area contributed by atoms with Crippen molar-refractivity contribution in [3.63, 3.8) is 0 Å². The number of aromatic nitrogens is 3. The standard InChI is InChI=1S/C44H31N3/c1-44(2)37-15-9-10-16-42(37)47-41-22-19-32(25-35(41)36-26-45-27-38(44)43(36)47)46-39-20-17-30(28-11-5-3-6-12-28)23-33(39)34-24-31(18-21-40(34)46)29-13-7-4-8-14-29/h3-27H,1-2H3. The Morgan fingerprint density at radius 1 is 0.447 bits per heavy atom. The Hall–Kier alpha value is -5.93. The molecule has 0 radical (unpaired) electrons. The Labute approximate surface area is 273 Å². The molecule has 10 rings (SSSR count). The van der Waals surface area contributed by atoms with Gasteiger partial charge in [-0.1, -0.05) is 105 Å². The molecular weight excluding hydrogens is 571 g/mol. The highest BCUT2D eigenvalue weighted by Gasteiger charge is 2.35. The van der Waals surface area contributed by atoms with Gasteiger partial charge in [-0.15, -0.1) is 0 Å². The van der Waals surface area contributed by atoms with Crippen LogP contribution in [0, 0.1) is 0 Å². The van der Waals surface area contributed by atoms with Crippen LogP contribution in [-0.2, 0) is 5.41 Å². The molecule has 4 heterocycles. The molecule has 0 amide bonds. The first kappa shape index (κ1) is 26.3. The van der Waals surface area contributed by atoms with Gasteiger partial charge in [-0.05, 0) is 76.3 Å². The van der Waals surface area contributed by atoms with Gasteiger partial charge < -0.3 is 9.13 Å². The van der Waals surface area contributed by atoms with Crippen molar-refractivity contribution in [3.05, 3.63) is 163 Å². The normalized spacial score (nSPS) is 13.5. The van der Waals surface area contributed by atoms with Gasteiger partial charge in [0, 0.05) is 50.6 Å². The summed E-state index contributed by atoms with van der Waals surface area (Å²) in [5.41, 5.74) is 14.6. The van der Waals surface area contributed by atoms with Gasteiger partial charge in [0.2, 0.25) is 0 Å². The summed E-state index contributed by atoms with van der Waals surface area (Å²) in [6.07, 6.45) is 4.12. The van der Waals surface area contributed by atoms with Gasteiger partial charge in [0.15, 0.2) is 0 Å². The van der Waals surface area contributed by atoms with Crippen molar-refractivity contribution in [1.29, 1.82) is 0 Å². The molecule has 0 saturated heterocycles. The molecule has 0 atom stereocenters. The SMILES string of the molecule is CC1(C)c2ccccc2-n2c3ccc(-n4c5ccc(-c6ccccc6)cc5c5cc(-c6ccccc6)ccc54)cc3c3cncc1c32. The lowest BCUT2D eigenvalue weighted by molar-refractivity contribution is 0.627. The summed E-state index contributed by atoms with van der Waals surface area (Å²) in [6, 6.07) is 51.0. The Kier molecular flexibility index (Phi) is 5.34. The third-order valence-corrected chi connectivity index (χ3v) is 10.4. The fourth-order valence-electron chi connectivity index (χ4n) is 8.06. The van der Waals surface area contributed by atoms with Crippen molar-refractivity contribution in [2.45, 2.75) is 19.3 Å². The van der Waals surface area contributed by atoms with E-state index in [2.05, 4.69) is 175 Å². The van der Waals surface area contributed by atoms with E-state index >= 15 is 0 Å². The molecule has 0 N–H and O–H groups in total. The van der Waals surface area contributed by atoms with Crippen LogP contribution >= 0.6 is 0 Å². The molecule has 6 aromatic carbocycles. The molecule has 0 unspecified atom stereocenters. The molecule has 0 spiro atoms. The molecule has 0 bridgehead atoms. The summed E-state index contributed by atoms with van der Waals surface area (Å²) < 4.78 is 4.89. The van der Waals surface area contributed by atoms with E-state index in [-0.39, 0.29) is 5.41 Å². The summed E-state index contributed by atoms with van der Waals surface area (Å²) in [6.45, 7) is 4.64. The lowest BCUT2D eigenvalue weighted by Crippen LogP contribution is -2.26. The molecule has 1 aliphatic rings. The summed E-state index contributed by atoms with van der Waals surface area (Å²) in [4.78, 5) is 4.80. The zero-order valence-corrected chi connectivity index (χ0v) is 26.3. The monoisotopic (exact) mass is 601 g/mol. The second-order valence-electron chi connectivity index (χ2n) is 13.3. The van der Waals surface area contributed by atoms with E-state index in [1.807, 2.05) is 0 Å². The highest BCUT2D eigenvalue weighted by molar-refractivity contribution is 6.14. The number of pyridine rings is 1. The predicted octanol–water partition coefficient (Wildman–Crippen LogP) is 11.2. The van der Waals surface area contributed by atoms with Crippen LogP contribution in [0.25, 0.3) is 77.2 Å². The van der Waals surface area contributed by atoms with Crippen LogP contribution in [0.2, 0.25) is 0 Å². The Morgan fingerprint density at radius 2 is 1.00 bits per heavy atom. The minimum absolute atomic E-state index is 0.143. The molecule has 0 saturated carbocycles. The smallest absolute Gasteiger partial charge is 0.0612 e. The summed E-state index contributed by atoms with van der Waals surface area (Å²) >= 11 is 0. The van der Waals surface area contributed by atoms with Gasteiger partial charge in [0.25, 0.3) is 0 Å². The van der Waals surface area contributed by atoms with Crippen molar-refractivity contribution in [1.82, 2.24) is 14.1 Å². The molecule has 0 aliphatic carbocycles. The maximum Gasteiger partial charge on any atom is 0.0612 e. The average molecular weight is 602 g/mol. The van der Waals surface area contributed by atoms with E-state index in [0.29, 0.717) is 0 Å². The number of fused-ring (bicyclic) bond motifs is 8. The molecule has 47 heavy (non-hydrogen) atoms. The summed E-state index contributed by atoms with van der Waals surface area (Å²) in [7, 11) is 0. The number of hydrogen-bond donors (Lipinski definition) is 0. The van der Waals surface area contributed by atoms with Gasteiger partial charge in [-0.3, -0.25) is 4.98 Å². The lowest BCUT2D eigenvalue weighted by Gasteiger charge is -2.34. The fourth-order valence-corrected chi connectivity index (χ4v) is 8.06. The highest BCUT2D eigenvalue weighted by atomic mass is 15.0. The minimum Gasteiger partial charge on any atom is -0.309 e. The summed E-state index contributed by atoms with van der Waals surface area (Å²) in [5.74, 6) is 0. The molecule has 1 aliphatic heterocycles. The highest BCUT2D eigenvalue weighted by Crippen LogP contribution is 2.47. The summed E-state index contributed by atoms with van der Waals surface area (Å²) in [5, 5.41) is 4.91. The zero-order valence-electron chi connectivity index (χ0n) is 26.3. The number of hydrogen-bond acceptors (Lipinski definition) is 1. The molecular formula is C44H31N3. The third kappa shape index (κ3) is 3.65. The van der Waals surface area contributed by atoms with Crippen molar-refractivity contribution < 1.29 is 0 Å². The number of para-hydroxylation sites is 1. The van der Waals surface area contributed by atoms with E-state index in [9.17, 15) is 0 Å². The van der Waals surface area contributed by atoms with Crippen LogP contribution in [0.1, 0.15) is 25.0 Å². The predicted molar refractivity (Wildman–Crippen MR) is 196 cm³/mol. The molecule has 3 aromatic heterocycles. The second-order valence-corrected chi connectivity index (χ2v) is 13.3. The Bertz CT molecular complexity index is 2600. The first-order chi connectivity index (χ1) is 23.1. The van der Waals surface area contributed by atoms with E-state index in [1.54, 1.807) is 0 Å². The molecule has 3 heteroatoms. The maximum absolute atomic E-state index is 4.80. The maximum atomic E-state index is 4.80. The van der Waals surface area contributed by atoms with Crippen LogP contribution in [0.4, 0.5) is 0 Å². The molecule has 0 fully saturated rings. The number of rotatable bonds is 3. The van der Waals surface area contributed by atoms with Crippen molar-refractivity contribution in [2.24, 2.45) is 0 Å². The largest absolute Gasteiger partial charge is 0.309 e. The lowest BCUT2D eigenvalue weighted by atomic mass is 9.75. The van der Waals surface area contributed by atoms with Crippen LogP contribution in [0.5, 0.6) is 0 Å². The van der Waals surface area contributed by atoms with Gasteiger partial charge in [-0.25, -0.2) is 0 Å². The second kappa shape index (κ2) is 9.54. The number of benzene rings is 6. The van der Waals surface area contributed by atoms with Crippen molar-refractivity contribution >= 4 is 43.6 Å². The van der Waals surface area contributed by atoms with Crippen LogP contribution in [0.3, 0.4) is 0 Å².